The van der Waals surface area contributed by atoms with Crippen molar-refractivity contribution in [3.8, 4) is 0 Å². The highest BCUT2D eigenvalue weighted by atomic mass is 32.1. The van der Waals surface area contributed by atoms with Crippen molar-refractivity contribution in [3.63, 3.8) is 0 Å². The second-order valence-electron chi connectivity index (χ2n) is 5.89. The fraction of sp³-hybridized carbons (Fsp3) is 0.667. The van der Waals surface area contributed by atoms with Crippen LogP contribution in [0, 0.1) is 6.92 Å². The Kier molecular flexibility index (Phi) is 5.90. The van der Waals surface area contributed by atoms with Crippen LogP contribution in [0.5, 0.6) is 0 Å². The van der Waals surface area contributed by atoms with Crippen molar-refractivity contribution in [2.75, 3.05) is 27.2 Å². The molecule has 6 nitrogen and oxygen atoms in total. The van der Waals surface area contributed by atoms with Gasteiger partial charge in [-0.1, -0.05) is 0 Å². The molecule has 0 radical (unpaired) electrons. The number of aryl methyl sites for hydroxylation is 1. The van der Waals surface area contributed by atoms with Crippen LogP contribution in [-0.4, -0.2) is 59.8 Å². The number of carbonyl (C=O) groups is 2. The van der Waals surface area contributed by atoms with Gasteiger partial charge < -0.3 is 15.1 Å². The highest BCUT2D eigenvalue weighted by Crippen LogP contribution is 2.14. The van der Waals surface area contributed by atoms with Crippen LogP contribution in [-0.2, 0) is 16.1 Å². The number of rotatable bonds is 5. The van der Waals surface area contributed by atoms with Gasteiger partial charge in [0.2, 0.25) is 11.8 Å². The lowest BCUT2D eigenvalue weighted by Crippen LogP contribution is -2.40. The third kappa shape index (κ3) is 4.78. The molecule has 0 aromatic carbocycles. The van der Waals surface area contributed by atoms with E-state index in [4.69, 9.17) is 0 Å². The Morgan fingerprint density at radius 3 is 2.91 bits per heavy atom. The number of nitrogens with one attached hydrogen (secondary N) is 1. The second-order valence-corrected chi connectivity index (χ2v) is 6.83. The Labute approximate surface area is 135 Å². The van der Waals surface area contributed by atoms with Gasteiger partial charge >= 0.3 is 0 Å². The number of hydrogen-bond acceptors (Lipinski definition) is 5. The van der Waals surface area contributed by atoms with Crippen molar-refractivity contribution in [1.82, 2.24) is 20.1 Å². The molecule has 0 saturated carbocycles. The van der Waals surface area contributed by atoms with Crippen LogP contribution in [0.25, 0.3) is 0 Å². The highest BCUT2D eigenvalue weighted by Gasteiger charge is 2.24. The molecule has 1 aliphatic rings. The van der Waals surface area contributed by atoms with Gasteiger partial charge in [-0.15, -0.1) is 11.3 Å². The molecule has 0 bridgehead atoms. The molecule has 1 aliphatic heterocycles. The number of thiazole rings is 1. The fourth-order valence-corrected chi connectivity index (χ4v) is 3.15. The molecule has 1 fully saturated rings. The topological polar surface area (TPSA) is 65.5 Å². The first-order valence-corrected chi connectivity index (χ1v) is 8.46. The van der Waals surface area contributed by atoms with E-state index in [2.05, 4.69) is 10.3 Å². The summed E-state index contributed by atoms with van der Waals surface area (Å²) in [6, 6.07) is 0.299. The molecule has 1 atom stereocenters. The van der Waals surface area contributed by atoms with Gasteiger partial charge in [-0.05, 0) is 19.8 Å². The molecule has 7 heteroatoms. The van der Waals surface area contributed by atoms with Gasteiger partial charge in [0.25, 0.3) is 0 Å². The van der Waals surface area contributed by atoms with Crippen molar-refractivity contribution in [2.45, 2.75) is 38.8 Å². The van der Waals surface area contributed by atoms with Gasteiger partial charge in [0.1, 0.15) is 5.01 Å². The summed E-state index contributed by atoms with van der Waals surface area (Å²) in [5.74, 6) is 0.0441. The van der Waals surface area contributed by atoms with Gasteiger partial charge in [-0.25, -0.2) is 4.98 Å². The molecular formula is C15H24N4O2S. The molecule has 2 rings (SSSR count). The number of amides is 2. The van der Waals surface area contributed by atoms with Gasteiger partial charge in [0.05, 0.1) is 6.54 Å². The Bertz CT molecular complexity index is 529. The maximum absolute atomic E-state index is 12.1. The summed E-state index contributed by atoms with van der Waals surface area (Å²) in [5, 5.41) is 6.60. The van der Waals surface area contributed by atoms with Crippen molar-refractivity contribution in [3.05, 3.63) is 16.1 Å². The largest absolute Gasteiger partial charge is 0.347 e. The molecule has 0 spiro atoms. The molecular weight excluding hydrogens is 300 g/mol. The van der Waals surface area contributed by atoms with E-state index < -0.39 is 0 Å². The predicted molar refractivity (Wildman–Crippen MR) is 86.6 cm³/mol. The van der Waals surface area contributed by atoms with E-state index in [0.717, 1.165) is 30.1 Å². The standard InChI is InChI=1S/C15H24N4O2S/c1-11-10-22-13(17-11)8-16-12-4-5-14(20)19(7-6-12)9-15(21)18(2)3/h10,12,16H,4-9H2,1-3H3/t12-/m1/s1. The lowest BCUT2D eigenvalue weighted by Gasteiger charge is -2.22. The van der Waals surface area contributed by atoms with Gasteiger partial charge in [-0.3, -0.25) is 9.59 Å². The zero-order valence-electron chi connectivity index (χ0n) is 13.5. The average molecular weight is 324 g/mol. The average Bonchev–Trinajstić information content (AvgIpc) is 2.81. The Morgan fingerprint density at radius 1 is 1.50 bits per heavy atom. The number of nitrogens with zero attached hydrogens (tertiary/aromatic N) is 3. The summed E-state index contributed by atoms with van der Waals surface area (Å²) in [6.07, 6.45) is 2.18. The van der Waals surface area contributed by atoms with Crippen LogP contribution < -0.4 is 5.32 Å². The van der Waals surface area contributed by atoms with E-state index in [1.807, 2.05) is 12.3 Å². The monoisotopic (exact) mass is 324 g/mol. The van der Waals surface area contributed by atoms with Crippen LogP contribution in [0.1, 0.15) is 30.0 Å². The summed E-state index contributed by atoms with van der Waals surface area (Å²) >= 11 is 1.65. The van der Waals surface area contributed by atoms with Crippen molar-refractivity contribution in [2.24, 2.45) is 0 Å². The van der Waals surface area contributed by atoms with Crippen LogP contribution in [0.2, 0.25) is 0 Å². The zero-order valence-corrected chi connectivity index (χ0v) is 14.3. The smallest absolute Gasteiger partial charge is 0.241 e. The number of aromatic nitrogens is 1. The van der Waals surface area contributed by atoms with Crippen molar-refractivity contribution in [1.29, 1.82) is 0 Å². The van der Waals surface area contributed by atoms with Crippen LogP contribution in [0.4, 0.5) is 0 Å². The molecule has 2 amide bonds. The maximum Gasteiger partial charge on any atom is 0.241 e. The summed E-state index contributed by atoms with van der Waals surface area (Å²) in [4.78, 5) is 31.5. The van der Waals surface area contributed by atoms with E-state index in [1.165, 1.54) is 4.90 Å². The molecule has 1 aromatic heterocycles. The van der Waals surface area contributed by atoms with Gasteiger partial charge in [0.15, 0.2) is 0 Å². The first-order chi connectivity index (χ1) is 10.5. The minimum Gasteiger partial charge on any atom is -0.347 e. The number of likely N-dealkylation sites (N-methyl/N-ethyl adjacent to an activating group) is 1. The van der Waals surface area contributed by atoms with Crippen molar-refractivity contribution >= 4 is 23.2 Å². The quantitative estimate of drug-likeness (QED) is 0.878. The molecule has 122 valence electrons. The van der Waals surface area contributed by atoms with Crippen molar-refractivity contribution < 1.29 is 9.59 Å². The number of carbonyl (C=O) groups excluding carboxylic acids is 2. The molecule has 22 heavy (non-hydrogen) atoms. The normalized spacial score (nSPS) is 19.1. The summed E-state index contributed by atoms with van der Waals surface area (Å²) < 4.78 is 0. The van der Waals surface area contributed by atoms with Crippen LogP contribution in [0.15, 0.2) is 5.38 Å². The summed E-state index contributed by atoms with van der Waals surface area (Å²) in [7, 11) is 3.43. The van der Waals surface area contributed by atoms with Crippen LogP contribution >= 0.6 is 11.3 Å². The molecule has 0 aliphatic carbocycles. The minimum absolute atomic E-state index is 0.0296. The summed E-state index contributed by atoms with van der Waals surface area (Å²) in [5.41, 5.74) is 1.05. The van der Waals surface area contributed by atoms with Gasteiger partial charge in [0, 0.05) is 50.7 Å². The third-order valence-electron chi connectivity index (χ3n) is 3.84. The Balaban J connectivity index is 1.83. The predicted octanol–water partition coefficient (Wildman–Crippen LogP) is 1.01. The number of likely N-dealkylation sites (tertiary alicyclic amines) is 1. The minimum atomic E-state index is -0.0296. The van der Waals surface area contributed by atoms with Gasteiger partial charge in [-0.2, -0.15) is 0 Å². The summed E-state index contributed by atoms with van der Waals surface area (Å²) in [6.45, 7) is 3.55. The molecule has 1 N–H and O–H groups in total. The molecule has 1 aromatic rings. The first-order valence-electron chi connectivity index (χ1n) is 7.58. The Hall–Kier alpha value is -1.47. The third-order valence-corrected chi connectivity index (χ3v) is 4.81. The SMILES string of the molecule is Cc1csc(CN[C@@H]2CCC(=O)N(CC(=O)N(C)C)CC2)n1. The fourth-order valence-electron chi connectivity index (χ4n) is 2.43. The second kappa shape index (κ2) is 7.69. The first kappa shape index (κ1) is 16.9. The Morgan fingerprint density at radius 2 is 2.27 bits per heavy atom. The van der Waals surface area contributed by atoms with Crippen LogP contribution in [0.3, 0.4) is 0 Å². The van der Waals surface area contributed by atoms with E-state index in [-0.39, 0.29) is 18.4 Å². The molecule has 2 heterocycles. The van der Waals surface area contributed by atoms with E-state index in [9.17, 15) is 9.59 Å². The lowest BCUT2D eigenvalue weighted by molar-refractivity contribution is -0.138. The zero-order chi connectivity index (χ0) is 16.1. The van der Waals surface area contributed by atoms with E-state index >= 15 is 0 Å². The number of hydrogen-bond donors (Lipinski definition) is 1. The maximum atomic E-state index is 12.1. The van der Waals surface area contributed by atoms with E-state index in [0.29, 0.717) is 19.0 Å². The lowest BCUT2D eigenvalue weighted by atomic mass is 10.1. The van der Waals surface area contributed by atoms with E-state index in [1.54, 1.807) is 30.3 Å². The molecule has 0 unspecified atom stereocenters. The molecule has 1 saturated heterocycles. The highest BCUT2D eigenvalue weighted by molar-refractivity contribution is 7.09.